The first-order valence-electron chi connectivity index (χ1n) is 6.28. The van der Waals surface area contributed by atoms with Crippen LogP contribution in [0.1, 0.15) is 23.6 Å². The molecule has 0 amide bonds. The maximum absolute atomic E-state index is 4.46. The molecule has 2 rings (SSSR count). The SMILES string of the molecule is C=C(C)N/N=C(/c1ccccc1)c1ccc(C)cc1. The van der Waals surface area contributed by atoms with E-state index in [1.54, 1.807) is 0 Å². The number of hydrogen-bond donors (Lipinski definition) is 1. The summed E-state index contributed by atoms with van der Waals surface area (Å²) in [5.74, 6) is 0. The van der Waals surface area contributed by atoms with Gasteiger partial charge < -0.3 is 0 Å². The summed E-state index contributed by atoms with van der Waals surface area (Å²) in [5, 5.41) is 4.46. The van der Waals surface area contributed by atoms with Crippen LogP contribution in [0.4, 0.5) is 0 Å². The second-order valence-corrected chi connectivity index (χ2v) is 4.58. The van der Waals surface area contributed by atoms with Crippen LogP contribution in [0.5, 0.6) is 0 Å². The highest BCUT2D eigenvalue weighted by Gasteiger charge is 2.06. The van der Waals surface area contributed by atoms with Gasteiger partial charge in [0.2, 0.25) is 0 Å². The summed E-state index contributed by atoms with van der Waals surface area (Å²) in [6, 6.07) is 18.5. The Kier molecular flexibility index (Phi) is 4.14. The topological polar surface area (TPSA) is 24.4 Å². The smallest absolute Gasteiger partial charge is 0.0977 e. The van der Waals surface area contributed by atoms with Gasteiger partial charge in [-0.05, 0) is 13.8 Å². The molecule has 2 heteroatoms. The predicted octanol–water partition coefficient (Wildman–Crippen LogP) is 3.87. The maximum atomic E-state index is 4.46. The Morgan fingerprint density at radius 3 is 2.11 bits per heavy atom. The van der Waals surface area contributed by atoms with Gasteiger partial charge in [-0.15, -0.1) is 0 Å². The van der Waals surface area contributed by atoms with E-state index in [0.717, 1.165) is 22.5 Å². The first-order valence-corrected chi connectivity index (χ1v) is 6.28. The highest BCUT2D eigenvalue weighted by molar-refractivity contribution is 6.12. The molecule has 19 heavy (non-hydrogen) atoms. The minimum atomic E-state index is 0.820. The molecule has 0 fully saturated rings. The number of nitrogens with one attached hydrogen (secondary N) is 1. The molecule has 2 nitrogen and oxygen atoms in total. The second kappa shape index (κ2) is 6.01. The lowest BCUT2D eigenvalue weighted by Crippen LogP contribution is -2.10. The second-order valence-electron chi connectivity index (χ2n) is 4.58. The molecule has 0 atom stereocenters. The number of benzene rings is 2. The number of hydrogen-bond acceptors (Lipinski definition) is 2. The van der Waals surface area contributed by atoms with Crippen LogP contribution in [0.3, 0.4) is 0 Å². The van der Waals surface area contributed by atoms with Crippen molar-refractivity contribution in [2.24, 2.45) is 5.10 Å². The standard InChI is InChI=1S/C17H18N2/c1-13(2)18-19-17(15-7-5-4-6-8-15)16-11-9-14(3)10-12-16/h4-12,18H,1H2,2-3H3/b19-17-. The Morgan fingerprint density at radius 1 is 0.947 bits per heavy atom. The minimum Gasteiger partial charge on any atom is -0.283 e. The summed E-state index contributed by atoms with van der Waals surface area (Å²) in [5.41, 5.74) is 8.10. The van der Waals surface area contributed by atoms with Gasteiger partial charge in [-0.1, -0.05) is 66.7 Å². The summed E-state index contributed by atoms with van der Waals surface area (Å²) >= 11 is 0. The van der Waals surface area contributed by atoms with Crippen molar-refractivity contribution in [2.45, 2.75) is 13.8 Å². The van der Waals surface area contributed by atoms with Crippen molar-refractivity contribution in [1.29, 1.82) is 0 Å². The third-order valence-corrected chi connectivity index (χ3v) is 2.73. The van der Waals surface area contributed by atoms with Gasteiger partial charge in [0, 0.05) is 16.8 Å². The molecule has 0 aliphatic heterocycles. The fourth-order valence-corrected chi connectivity index (χ4v) is 1.75. The van der Waals surface area contributed by atoms with Crippen molar-refractivity contribution < 1.29 is 0 Å². The molecule has 0 unspecified atom stereocenters. The first kappa shape index (κ1) is 13.1. The Labute approximate surface area is 114 Å². The lowest BCUT2D eigenvalue weighted by Gasteiger charge is -2.08. The zero-order valence-electron chi connectivity index (χ0n) is 11.4. The minimum absolute atomic E-state index is 0.820. The quantitative estimate of drug-likeness (QED) is 0.646. The van der Waals surface area contributed by atoms with Gasteiger partial charge in [-0.25, -0.2) is 0 Å². The molecule has 0 spiro atoms. The Hall–Kier alpha value is -2.35. The molecule has 0 aliphatic rings. The van der Waals surface area contributed by atoms with Gasteiger partial charge in [0.25, 0.3) is 0 Å². The molecule has 0 radical (unpaired) electrons. The van der Waals surface area contributed by atoms with Crippen LogP contribution >= 0.6 is 0 Å². The Morgan fingerprint density at radius 2 is 1.53 bits per heavy atom. The van der Waals surface area contributed by atoms with Crippen LogP contribution in [0.15, 0.2) is 72.0 Å². The zero-order chi connectivity index (χ0) is 13.7. The fraction of sp³-hybridized carbons (Fsp3) is 0.118. The summed E-state index contributed by atoms with van der Waals surface area (Å²) in [4.78, 5) is 0. The molecule has 0 saturated carbocycles. The lowest BCUT2D eigenvalue weighted by atomic mass is 10.0. The van der Waals surface area contributed by atoms with Gasteiger partial charge in [0.1, 0.15) is 0 Å². The van der Waals surface area contributed by atoms with Crippen molar-refractivity contribution in [3.63, 3.8) is 0 Å². The Balaban J connectivity index is 2.43. The number of aryl methyl sites for hydroxylation is 1. The van der Waals surface area contributed by atoms with E-state index in [1.807, 2.05) is 25.1 Å². The summed E-state index contributed by atoms with van der Waals surface area (Å²) in [7, 11) is 0. The molecule has 96 valence electrons. The molecule has 2 aromatic rings. The molecule has 2 aromatic carbocycles. The molecule has 0 bridgehead atoms. The summed E-state index contributed by atoms with van der Waals surface area (Å²) in [6.45, 7) is 7.78. The highest BCUT2D eigenvalue weighted by atomic mass is 15.3. The predicted molar refractivity (Wildman–Crippen MR) is 81.2 cm³/mol. The first-order chi connectivity index (χ1) is 9.16. The van der Waals surface area contributed by atoms with Crippen molar-refractivity contribution in [3.8, 4) is 0 Å². The van der Waals surface area contributed by atoms with Crippen molar-refractivity contribution >= 4 is 5.71 Å². The van der Waals surface area contributed by atoms with Crippen LogP contribution < -0.4 is 5.43 Å². The summed E-state index contributed by atoms with van der Waals surface area (Å²) in [6.07, 6.45) is 0. The van der Waals surface area contributed by atoms with E-state index in [9.17, 15) is 0 Å². The molecule has 0 aromatic heterocycles. The zero-order valence-corrected chi connectivity index (χ0v) is 11.4. The molecule has 0 aliphatic carbocycles. The van der Waals surface area contributed by atoms with Crippen LogP contribution in [-0.4, -0.2) is 5.71 Å². The average Bonchev–Trinajstić information content (AvgIpc) is 2.42. The van der Waals surface area contributed by atoms with Gasteiger partial charge in [-0.2, -0.15) is 5.10 Å². The number of allylic oxidation sites excluding steroid dienone is 1. The van der Waals surface area contributed by atoms with Gasteiger partial charge in [0.15, 0.2) is 0 Å². The highest BCUT2D eigenvalue weighted by Crippen LogP contribution is 2.12. The van der Waals surface area contributed by atoms with E-state index >= 15 is 0 Å². The molecule has 1 N–H and O–H groups in total. The van der Waals surface area contributed by atoms with E-state index in [0.29, 0.717) is 0 Å². The van der Waals surface area contributed by atoms with Gasteiger partial charge in [0.05, 0.1) is 5.71 Å². The fourth-order valence-electron chi connectivity index (χ4n) is 1.75. The van der Waals surface area contributed by atoms with Crippen LogP contribution in [0.2, 0.25) is 0 Å². The number of rotatable bonds is 4. The molecule has 0 saturated heterocycles. The van der Waals surface area contributed by atoms with E-state index in [2.05, 4.69) is 60.4 Å². The van der Waals surface area contributed by atoms with Crippen molar-refractivity contribution in [3.05, 3.63) is 83.6 Å². The molecular formula is C17H18N2. The van der Waals surface area contributed by atoms with Crippen molar-refractivity contribution in [2.75, 3.05) is 0 Å². The largest absolute Gasteiger partial charge is 0.283 e. The van der Waals surface area contributed by atoms with Crippen LogP contribution in [-0.2, 0) is 0 Å². The van der Waals surface area contributed by atoms with E-state index in [1.165, 1.54) is 5.56 Å². The average molecular weight is 250 g/mol. The lowest BCUT2D eigenvalue weighted by molar-refractivity contribution is 0.893. The third kappa shape index (κ3) is 3.55. The van der Waals surface area contributed by atoms with Crippen molar-refractivity contribution in [1.82, 2.24) is 5.43 Å². The molecular weight excluding hydrogens is 232 g/mol. The van der Waals surface area contributed by atoms with Gasteiger partial charge >= 0.3 is 0 Å². The Bertz CT molecular complexity index is 580. The molecule has 0 heterocycles. The maximum Gasteiger partial charge on any atom is 0.0977 e. The number of nitrogens with zero attached hydrogens (tertiary/aromatic N) is 1. The van der Waals surface area contributed by atoms with Gasteiger partial charge in [-0.3, -0.25) is 5.43 Å². The van der Waals surface area contributed by atoms with Crippen LogP contribution in [0.25, 0.3) is 0 Å². The van der Waals surface area contributed by atoms with E-state index in [-0.39, 0.29) is 0 Å². The summed E-state index contributed by atoms with van der Waals surface area (Å²) < 4.78 is 0. The van der Waals surface area contributed by atoms with E-state index in [4.69, 9.17) is 0 Å². The van der Waals surface area contributed by atoms with E-state index < -0.39 is 0 Å². The number of hydrazone groups is 1. The third-order valence-electron chi connectivity index (χ3n) is 2.73. The normalized spacial score (nSPS) is 11.2. The monoisotopic (exact) mass is 250 g/mol. The van der Waals surface area contributed by atoms with Crippen LogP contribution in [0, 0.1) is 6.92 Å².